The van der Waals surface area contributed by atoms with Gasteiger partial charge < -0.3 is 4.57 Å². The van der Waals surface area contributed by atoms with Crippen LogP contribution in [0.1, 0.15) is 24.0 Å². The van der Waals surface area contributed by atoms with Gasteiger partial charge in [-0.3, -0.25) is 10.1 Å². The third kappa shape index (κ3) is 2.67. The van der Waals surface area contributed by atoms with E-state index in [4.69, 9.17) is 0 Å². The molecule has 0 aliphatic heterocycles. The van der Waals surface area contributed by atoms with Crippen LogP contribution in [0, 0.1) is 10.1 Å². The highest BCUT2D eigenvalue weighted by Gasteiger charge is 2.15. The second kappa shape index (κ2) is 5.65. The number of aromatic nitrogens is 2. The fraction of sp³-hybridized carbons (Fsp3) is 0.267. The molecule has 0 aliphatic carbocycles. The first-order valence-corrected chi connectivity index (χ1v) is 7.72. The van der Waals surface area contributed by atoms with Crippen molar-refractivity contribution in [2.45, 2.75) is 26.3 Å². The summed E-state index contributed by atoms with van der Waals surface area (Å²) in [5.74, 6) is 0. The Kier molecular flexibility index (Phi) is 3.70. The molecule has 0 atom stereocenters. The van der Waals surface area contributed by atoms with E-state index in [1.54, 1.807) is 23.5 Å². The molecule has 0 aliphatic rings. The molecule has 6 heteroatoms. The van der Waals surface area contributed by atoms with E-state index in [1.165, 1.54) is 0 Å². The van der Waals surface area contributed by atoms with Gasteiger partial charge in [0.05, 0.1) is 22.2 Å². The molecule has 5 nitrogen and oxygen atoms in total. The van der Waals surface area contributed by atoms with E-state index in [0.717, 1.165) is 28.9 Å². The number of nitro groups is 1. The van der Waals surface area contributed by atoms with Crippen LogP contribution in [0.5, 0.6) is 0 Å². The Labute approximate surface area is 126 Å². The van der Waals surface area contributed by atoms with Gasteiger partial charge in [0.25, 0.3) is 5.69 Å². The first kappa shape index (κ1) is 13.8. The lowest BCUT2D eigenvalue weighted by molar-refractivity contribution is -0.383. The van der Waals surface area contributed by atoms with Gasteiger partial charge in [0.2, 0.25) is 0 Å². The lowest BCUT2D eigenvalue weighted by Gasteiger charge is -2.03. The van der Waals surface area contributed by atoms with E-state index in [2.05, 4.69) is 11.9 Å². The van der Waals surface area contributed by atoms with Crippen LogP contribution in [0.4, 0.5) is 5.69 Å². The van der Waals surface area contributed by atoms with Gasteiger partial charge in [0, 0.05) is 23.0 Å². The molecule has 0 amide bonds. The third-order valence-corrected chi connectivity index (χ3v) is 4.32. The van der Waals surface area contributed by atoms with Crippen molar-refractivity contribution in [2.24, 2.45) is 0 Å². The second-order valence-corrected chi connectivity index (χ2v) is 5.84. The first-order valence-electron chi connectivity index (χ1n) is 6.84. The van der Waals surface area contributed by atoms with Crippen molar-refractivity contribution >= 4 is 27.9 Å². The van der Waals surface area contributed by atoms with Crippen molar-refractivity contribution in [3.63, 3.8) is 0 Å². The van der Waals surface area contributed by atoms with Gasteiger partial charge in [0.15, 0.2) is 0 Å². The van der Waals surface area contributed by atoms with Gasteiger partial charge >= 0.3 is 0 Å². The lowest BCUT2D eigenvalue weighted by atomic mass is 10.2. The largest absolute Gasteiger partial charge is 0.336 e. The molecule has 21 heavy (non-hydrogen) atoms. The van der Waals surface area contributed by atoms with Gasteiger partial charge in [-0.1, -0.05) is 19.1 Å². The molecule has 0 N–H and O–H groups in total. The standard InChI is InChI=1S/C15H15N3O2S/c1-2-4-14-16-12(10-21-14)9-17-8-7-11-5-3-6-13(15(11)17)18(19)20/h3,5-8,10H,2,4,9H2,1H3. The average Bonchev–Trinajstić information content (AvgIpc) is 3.07. The summed E-state index contributed by atoms with van der Waals surface area (Å²) in [6.45, 7) is 2.69. The second-order valence-electron chi connectivity index (χ2n) is 4.90. The minimum Gasteiger partial charge on any atom is -0.336 e. The summed E-state index contributed by atoms with van der Waals surface area (Å²) in [4.78, 5) is 15.4. The molecule has 1 aromatic carbocycles. The minimum absolute atomic E-state index is 0.140. The van der Waals surface area contributed by atoms with Crippen LogP contribution in [-0.4, -0.2) is 14.5 Å². The molecular weight excluding hydrogens is 286 g/mol. The van der Waals surface area contributed by atoms with Gasteiger partial charge in [-0.05, 0) is 18.9 Å². The van der Waals surface area contributed by atoms with Gasteiger partial charge in [-0.2, -0.15) is 0 Å². The Hall–Kier alpha value is -2.21. The lowest BCUT2D eigenvalue weighted by Crippen LogP contribution is -2.01. The van der Waals surface area contributed by atoms with Crippen molar-refractivity contribution in [2.75, 3.05) is 0 Å². The molecule has 2 heterocycles. The molecule has 3 rings (SSSR count). The Morgan fingerprint density at radius 2 is 2.24 bits per heavy atom. The molecule has 2 aromatic heterocycles. The van der Waals surface area contributed by atoms with Crippen LogP contribution in [-0.2, 0) is 13.0 Å². The maximum absolute atomic E-state index is 11.2. The number of benzene rings is 1. The van der Waals surface area contributed by atoms with Gasteiger partial charge in [0.1, 0.15) is 5.52 Å². The molecule has 0 fully saturated rings. The van der Waals surface area contributed by atoms with Crippen molar-refractivity contribution in [3.8, 4) is 0 Å². The highest BCUT2D eigenvalue weighted by Crippen LogP contribution is 2.27. The zero-order chi connectivity index (χ0) is 14.8. The fourth-order valence-electron chi connectivity index (χ4n) is 2.44. The van der Waals surface area contributed by atoms with E-state index in [-0.39, 0.29) is 10.6 Å². The molecular formula is C15H15N3O2S. The molecule has 0 saturated heterocycles. The maximum atomic E-state index is 11.2. The quantitative estimate of drug-likeness (QED) is 0.528. The number of thiazole rings is 1. The van der Waals surface area contributed by atoms with E-state index in [0.29, 0.717) is 12.1 Å². The van der Waals surface area contributed by atoms with Crippen LogP contribution in [0.2, 0.25) is 0 Å². The summed E-state index contributed by atoms with van der Waals surface area (Å²) in [6.07, 6.45) is 3.94. The first-order chi connectivity index (χ1) is 10.2. The Morgan fingerprint density at radius 1 is 1.38 bits per heavy atom. The Balaban J connectivity index is 1.98. The predicted molar refractivity (Wildman–Crippen MR) is 83.8 cm³/mol. The zero-order valence-corrected chi connectivity index (χ0v) is 12.5. The van der Waals surface area contributed by atoms with Crippen LogP contribution in [0.25, 0.3) is 10.9 Å². The number of fused-ring (bicyclic) bond motifs is 1. The van der Waals surface area contributed by atoms with E-state index in [1.807, 2.05) is 28.3 Å². The van der Waals surface area contributed by atoms with Gasteiger partial charge in [-0.15, -0.1) is 11.3 Å². The topological polar surface area (TPSA) is 61.0 Å². The Bertz CT molecular complexity index is 791. The summed E-state index contributed by atoms with van der Waals surface area (Å²) in [7, 11) is 0. The number of rotatable bonds is 5. The van der Waals surface area contributed by atoms with E-state index < -0.39 is 0 Å². The van der Waals surface area contributed by atoms with E-state index in [9.17, 15) is 10.1 Å². The normalized spacial score (nSPS) is 11.1. The molecule has 0 bridgehead atoms. The number of hydrogen-bond donors (Lipinski definition) is 0. The SMILES string of the molecule is CCCc1nc(Cn2ccc3cccc([N+](=O)[O-])c32)cs1. The average molecular weight is 301 g/mol. The third-order valence-electron chi connectivity index (χ3n) is 3.36. The number of non-ortho nitro benzene ring substituents is 1. The Morgan fingerprint density at radius 3 is 3.00 bits per heavy atom. The van der Waals surface area contributed by atoms with Crippen molar-refractivity contribution in [3.05, 3.63) is 56.7 Å². The minimum atomic E-state index is -0.331. The summed E-state index contributed by atoms with van der Waals surface area (Å²) in [6, 6.07) is 7.06. The molecule has 0 saturated carbocycles. The maximum Gasteiger partial charge on any atom is 0.293 e. The number of para-hydroxylation sites is 1. The summed E-state index contributed by atoms with van der Waals surface area (Å²) in [5, 5.41) is 15.2. The molecule has 3 aromatic rings. The zero-order valence-electron chi connectivity index (χ0n) is 11.7. The van der Waals surface area contributed by atoms with Crippen molar-refractivity contribution in [1.82, 2.24) is 9.55 Å². The highest BCUT2D eigenvalue weighted by molar-refractivity contribution is 7.09. The highest BCUT2D eigenvalue weighted by atomic mass is 32.1. The van der Waals surface area contributed by atoms with Gasteiger partial charge in [-0.25, -0.2) is 4.98 Å². The van der Waals surface area contributed by atoms with Crippen molar-refractivity contribution < 1.29 is 4.92 Å². The monoisotopic (exact) mass is 301 g/mol. The molecule has 108 valence electrons. The summed E-state index contributed by atoms with van der Waals surface area (Å²) >= 11 is 1.65. The number of hydrogen-bond acceptors (Lipinski definition) is 4. The van der Waals surface area contributed by atoms with Crippen LogP contribution >= 0.6 is 11.3 Å². The summed E-state index contributed by atoms with van der Waals surface area (Å²) < 4.78 is 1.90. The van der Waals surface area contributed by atoms with Crippen LogP contribution in [0.15, 0.2) is 35.8 Å². The van der Waals surface area contributed by atoms with Crippen LogP contribution < -0.4 is 0 Å². The molecule has 0 spiro atoms. The number of aryl methyl sites for hydroxylation is 1. The predicted octanol–water partition coefficient (Wildman–Crippen LogP) is 4.01. The van der Waals surface area contributed by atoms with Crippen molar-refractivity contribution in [1.29, 1.82) is 0 Å². The fourth-order valence-corrected chi connectivity index (χ4v) is 3.34. The molecule has 0 radical (unpaired) electrons. The number of nitrogens with zero attached hydrogens (tertiary/aromatic N) is 3. The molecule has 0 unspecified atom stereocenters. The van der Waals surface area contributed by atoms with Crippen LogP contribution in [0.3, 0.4) is 0 Å². The number of nitro benzene ring substituents is 1. The van der Waals surface area contributed by atoms with E-state index >= 15 is 0 Å². The smallest absolute Gasteiger partial charge is 0.293 e. The summed E-state index contributed by atoms with van der Waals surface area (Å²) in [5.41, 5.74) is 1.76.